The number of hydrogen-bond acceptors (Lipinski definition) is 4. The smallest absolute Gasteiger partial charge is 0.326 e. The average Bonchev–Trinajstić information content (AvgIpc) is 2.36. The van der Waals surface area contributed by atoms with Crippen LogP contribution in [0.1, 0.15) is 33.1 Å². The number of carbonyl (C=O) groups is 2. The molecule has 0 aromatic carbocycles. The lowest BCUT2D eigenvalue weighted by Crippen LogP contribution is -2.42. The van der Waals surface area contributed by atoms with E-state index in [4.69, 9.17) is 5.11 Å². The maximum atomic E-state index is 11.8. The molecule has 1 saturated heterocycles. The van der Waals surface area contributed by atoms with E-state index in [0.29, 0.717) is 17.4 Å². The number of hydrogen-bond donors (Lipinski definition) is 3. The quantitative estimate of drug-likeness (QED) is 0.653. The molecule has 0 aromatic rings. The zero-order chi connectivity index (χ0) is 14.3. The second-order valence-corrected chi connectivity index (χ2v) is 6.64. The van der Waals surface area contributed by atoms with Crippen LogP contribution >= 0.6 is 11.8 Å². The second kappa shape index (κ2) is 8.43. The summed E-state index contributed by atoms with van der Waals surface area (Å²) in [7, 11) is 0. The van der Waals surface area contributed by atoms with Crippen LogP contribution < -0.4 is 10.6 Å². The summed E-state index contributed by atoms with van der Waals surface area (Å²) in [5, 5.41) is 15.5. The molecule has 0 saturated carbocycles. The van der Waals surface area contributed by atoms with Crippen molar-refractivity contribution in [2.24, 2.45) is 5.92 Å². The van der Waals surface area contributed by atoms with E-state index in [-0.39, 0.29) is 11.8 Å². The first-order chi connectivity index (χ1) is 8.99. The fourth-order valence-electron chi connectivity index (χ4n) is 2.08. The van der Waals surface area contributed by atoms with Gasteiger partial charge in [-0.1, -0.05) is 13.8 Å². The SMILES string of the molecule is CC(C)C[C@@H](NC(=O)CSC1CCNCC1)C(=O)O. The number of piperidine rings is 1. The number of amides is 1. The van der Waals surface area contributed by atoms with E-state index in [0.717, 1.165) is 25.9 Å². The summed E-state index contributed by atoms with van der Waals surface area (Å²) in [4.78, 5) is 22.8. The molecule has 1 atom stereocenters. The number of aliphatic carboxylic acids is 1. The van der Waals surface area contributed by atoms with E-state index in [1.165, 1.54) is 0 Å². The highest BCUT2D eigenvalue weighted by Gasteiger charge is 2.22. The Hall–Kier alpha value is -0.750. The molecule has 0 bridgehead atoms. The van der Waals surface area contributed by atoms with Crippen LogP contribution in [0.3, 0.4) is 0 Å². The third-order valence-electron chi connectivity index (χ3n) is 3.08. The molecule has 0 aromatic heterocycles. The zero-order valence-electron chi connectivity index (χ0n) is 11.6. The number of carboxylic acids is 1. The molecule has 0 spiro atoms. The van der Waals surface area contributed by atoms with Gasteiger partial charge in [0, 0.05) is 5.25 Å². The predicted molar refractivity (Wildman–Crippen MR) is 77.4 cm³/mol. The lowest BCUT2D eigenvalue weighted by atomic mass is 10.0. The van der Waals surface area contributed by atoms with Crippen molar-refractivity contribution in [2.45, 2.75) is 44.4 Å². The molecule has 0 aliphatic carbocycles. The first-order valence-electron chi connectivity index (χ1n) is 6.83. The summed E-state index contributed by atoms with van der Waals surface area (Å²) in [5.74, 6) is -0.518. The highest BCUT2D eigenvalue weighted by molar-refractivity contribution is 8.00. The molecular formula is C13H24N2O3S. The van der Waals surface area contributed by atoms with Crippen LogP contribution in [0.4, 0.5) is 0 Å². The Morgan fingerprint density at radius 2 is 2.00 bits per heavy atom. The maximum Gasteiger partial charge on any atom is 0.326 e. The molecule has 6 heteroatoms. The molecule has 19 heavy (non-hydrogen) atoms. The van der Waals surface area contributed by atoms with Gasteiger partial charge in [-0.2, -0.15) is 0 Å². The summed E-state index contributed by atoms with van der Waals surface area (Å²) in [6.45, 7) is 5.91. The van der Waals surface area contributed by atoms with Crippen molar-refractivity contribution in [2.75, 3.05) is 18.8 Å². The standard InChI is InChI=1S/C13H24N2O3S/c1-9(2)7-11(13(17)18)15-12(16)8-19-10-3-5-14-6-4-10/h9-11,14H,3-8H2,1-2H3,(H,15,16)(H,17,18)/t11-/m1/s1. The molecule has 0 unspecified atom stereocenters. The summed E-state index contributed by atoms with van der Waals surface area (Å²) in [6.07, 6.45) is 2.62. The van der Waals surface area contributed by atoms with Crippen molar-refractivity contribution in [3.8, 4) is 0 Å². The van der Waals surface area contributed by atoms with Crippen LogP contribution in [-0.2, 0) is 9.59 Å². The Morgan fingerprint density at radius 3 is 2.53 bits per heavy atom. The average molecular weight is 288 g/mol. The fraction of sp³-hybridized carbons (Fsp3) is 0.846. The number of rotatable bonds is 7. The summed E-state index contributed by atoms with van der Waals surface area (Å²) < 4.78 is 0. The van der Waals surface area contributed by atoms with Crippen LogP contribution in [0, 0.1) is 5.92 Å². The van der Waals surface area contributed by atoms with Gasteiger partial charge in [0.25, 0.3) is 0 Å². The topological polar surface area (TPSA) is 78.4 Å². The van der Waals surface area contributed by atoms with E-state index in [9.17, 15) is 9.59 Å². The van der Waals surface area contributed by atoms with Crippen LogP contribution in [0.25, 0.3) is 0 Å². The third kappa shape index (κ3) is 6.82. The molecule has 5 nitrogen and oxygen atoms in total. The van der Waals surface area contributed by atoms with Gasteiger partial charge in [0.2, 0.25) is 5.91 Å². The highest BCUT2D eigenvalue weighted by Crippen LogP contribution is 2.19. The zero-order valence-corrected chi connectivity index (χ0v) is 12.5. The Morgan fingerprint density at radius 1 is 1.37 bits per heavy atom. The van der Waals surface area contributed by atoms with Crippen molar-refractivity contribution in [1.29, 1.82) is 0 Å². The van der Waals surface area contributed by atoms with E-state index < -0.39 is 12.0 Å². The monoisotopic (exact) mass is 288 g/mol. The minimum atomic E-state index is -0.950. The summed E-state index contributed by atoms with van der Waals surface area (Å²) in [5.41, 5.74) is 0. The summed E-state index contributed by atoms with van der Waals surface area (Å²) >= 11 is 1.63. The molecule has 1 rings (SSSR count). The van der Waals surface area contributed by atoms with Crippen molar-refractivity contribution in [3.63, 3.8) is 0 Å². The molecular weight excluding hydrogens is 264 g/mol. The van der Waals surface area contributed by atoms with Gasteiger partial charge in [0.1, 0.15) is 6.04 Å². The molecule has 1 aliphatic rings. The molecule has 1 aliphatic heterocycles. The minimum Gasteiger partial charge on any atom is -0.480 e. The van der Waals surface area contributed by atoms with E-state index in [2.05, 4.69) is 10.6 Å². The van der Waals surface area contributed by atoms with Gasteiger partial charge in [0.05, 0.1) is 5.75 Å². The van der Waals surface area contributed by atoms with Gasteiger partial charge in [-0.25, -0.2) is 4.79 Å². The number of carboxylic acid groups (broad SMARTS) is 1. The lowest BCUT2D eigenvalue weighted by molar-refractivity contribution is -0.141. The van der Waals surface area contributed by atoms with Crippen LogP contribution in [0.2, 0.25) is 0 Å². The Kier molecular flexibility index (Phi) is 7.23. The van der Waals surface area contributed by atoms with Crippen molar-refractivity contribution in [3.05, 3.63) is 0 Å². The number of carbonyl (C=O) groups excluding carboxylic acids is 1. The fourth-order valence-corrected chi connectivity index (χ4v) is 3.12. The van der Waals surface area contributed by atoms with E-state index in [1.54, 1.807) is 11.8 Å². The molecule has 110 valence electrons. The van der Waals surface area contributed by atoms with Gasteiger partial charge >= 0.3 is 5.97 Å². The van der Waals surface area contributed by atoms with Crippen molar-refractivity contribution >= 4 is 23.6 Å². The van der Waals surface area contributed by atoms with Gasteiger partial charge in [-0.3, -0.25) is 4.79 Å². The van der Waals surface area contributed by atoms with E-state index in [1.807, 2.05) is 13.8 Å². The van der Waals surface area contributed by atoms with Crippen LogP contribution in [-0.4, -0.2) is 47.1 Å². The molecule has 3 N–H and O–H groups in total. The minimum absolute atomic E-state index is 0.170. The van der Waals surface area contributed by atoms with Crippen molar-refractivity contribution in [1.82, 2.24) is 10.6 Å². The first kappa shape index (κ1) is 16.3. The van der Waals surface area contributed by atoms with Crippen molar-refractivity contribution < 1.29 is 14.7 Å². The highest BCUT2D eigenvalue weighted by atomic mass is 32.2. The Bertz CT molecular complexity index is 304. The molecule has 0 radical (unpaired) electrons. The van der Waals surface area contributed by atoms with Gasteiger partial charge in [-0.05, 0) is 38.3 Å². The number of nitrogens with one attached hydrogen (secondary N) is 2. The molecule has 1 heterocycles. The summed E-state index contributed by atoms with van der Waals surface area (Å²) in [6, 6.07) is -0.763. The Balaban J connectivity index is 2.29. The second-order valence-electron chi connectivity index (χ2n) is 5.35. The Labute approximate surface area is 118 Å². The predicted octanol–water partition coefficient (Wildman–Crippen LogP) is 1.09. The van der Waals surface area contributed by atoms with Gasteiger partial charge in [0.15, 0.2) is 0 Å². The first-order valence-corrected chi connectivity index (χ1v) is 7.88. The van der Waals surface area contributed by atoms with Gasteiger partial charge < -0.3 is 15.7 Å². The molecule has 1 amide bonds. The van der Waals surface area contributed by atoms with E-state index >= 15 is 0 Å². The third-order valence-corrected chi connectivity index (χ3v) is 4.45. The van der Waals surface area contributed by atoms with Crippen LogP contribution in [0.15, 0.2) is 0 Å². The largest absolute Gasteiger partial charge is 0.480 e. The molecule has 1 fully saturated rings. The lowest BCUT2D eigenvalue weighted by Gasteiger charge is -2.22. The van der Waals surface area contributed by atoms with Crippen LogP contribution in [0.5, 0.6) is 0 Å². The van der Waals surface area contributed by atoms with Gasteiger partial charge in [-0.15, -0.1) is 11.8 Å². The maximum absolute atomic E-state index is 11.8. The normalized spacial score (nSPS) is 18.3. The number of thioether (sulfide) groups is 1.